The minimum atomic E-state index is -4.29. The van der Waals surface area contributed by atoms with Crippen LogP contribution in [0.15, 0.2) is 0 Å². The van der Waals surface area contributed by atoms with E-state index in [4.69, 9.17) is 4.74 Å². The van der Waals surface area contributed by atoms with Crippen molar-refractivity contribution in [1.29, 1.82) is 0 Å². The van der Waals surface area contributed by atoms with Gasteiger partial charge in [-0.15, -0.1) is 0 Å². The molecule has 0 aliphatic heterocycles. The summed E-state index contributed by atoms with van der Waals surface area (Å²) in [7, 11) is 1.64. The molecule has 0 saturated carbocycles. The summed E-state index contributed by atoms with van der Waals surface area (Å²) >= 11 is 0. The summed E-state index contributed by atoms with van der Waals surface area (Å²) in [6.07, 6.45) is -4.29. The lowest BCUT2D eigenvalue weighted by atomic mass is 10.2. The first-order chi connectivity index (χ1) is 9.85. The van der Waals surface area contributed by atoms with E-state index in [0.29, 0.717) is 19.7 Å². The molecule has 0 amide bonds. The molecule has 0 aliphatic rings. The normalized spacial score (nSPS) is 12.1. The number of hydrogen-bond donors (Lipinski definition) is 1. The van der Waals surface area contributed by atoms with Crippen molar-refractivity contribution < 1.29 is 22.6 Å². The second-order valence-corrected chi connectivity index (χ2v) is 4.71. The van der Waals surface area contributed by atoms with Crippen LogP contribution in [0.25, 0.3) is 0 Å². The average molecular weight is 309 g/mol. The Labute approximate surface area is 122 Å². The molecule has 0 fully saturated rings. The molecule has 0 radical (unpaired) electrons. The second kappa shape index (κ2) is 8.35. The number of rotatable bonds is 9. The van der Waals surface area contributed by atoms with Crippen LogP contribution in [0.4, 0.5) is 13.2 Å². The van der Waals surface area contributed by atoms with Gasteiger partial charge in [-0.1, -0.05) is 0 Å². The van der Waals surface area contributed by atoms with E-state index in [-0.39, 0.29) is 6.61 Å². The highest BCUT2D eigenvalue weighted by atomic mass is 19.4. The van der Waals surface area contributed by atoms with Gasteiger partial charge < -0.3 is 14.8 Å². The number of halogens is 3. The number of aryl methyl sites for hydroxylation is 1. The highest BCUT2D eigenvalue weighted by Crippen LogP contribution is 2.15. The molecular weight excluding hydrogens is 287 g/mol. The number of ether oxygens (including phenoxy) is 2. The van der Waals surface area contributed by atoms with Crippen molar-refractivity contribution in [3.63, 3.8) is 0 Å². The summed E-state index contributed by atoms with van der Waals surface area (Å²) in [4.78, 5) is 0. The fourth-order valence-corrected chi connectivity index (χ4v) is 1.93. The van der Waals surface area contributed by atoms with Crippen LogP contribution in [-0.4, -0.2) is 49.4 Å². The van der Waals surface area contributed by atoms with Gasteiger partial charge in [0, 0.05) is 31.5 Å². The lowest BCUT2D eigenvalue weighted by Crippen LogP contribution is -2.20. The van der Waals surface area contributed by atoms with E-state index in [0.717, 1.165) is 23.5 Å². The van der Waals surface area contributed by atoms with E-state index in [2.05, 4.69) is 15.2 Å². The predicted molar refractivity (Wildman–Crippen MR) is 72.2 cm³/mol. The lowest BCUT2D eigenvalue weighted by Gasteiger charge is -2.09. The molecule has 122 valence electrons. The smallest absolute Gasteiger partial charge is 0.383 e. The zero-order chi connectivity index (χ0) is 15.9. The molecule has 1 heterocycles. The highest BCUT2D eigenvalue weighted by molar-refractivity contribution is 5.24. The SMILES string of the molecule is COCCNCc1c(C)nn(CCOCC(F)(F)F)c1C. The second-order valence-electron chi connectivity index (χ2n) is 4.71. The van der Waals surface area contributed by atoms with Crippen molar-refractivity contribution >= 4 is 0 Å². The van der Waals surface area contributed by atoms with Gasteiger partial charge in [0.25, 0.3) is 0 Å². The third kappa shape index (κ3) is 6.45. The molecule has 0 atom stereocenters. The van der Waals surface area contributed by atoms with Gasteiger partial charge in [-0.05, 0) is 13.8 Å². The molecule has 0 spiro atoms. The van der Waals surface area contributed by atoms with Crippen molar-refractivity contribution in [2.24, 2.45) is 0 Å². The van der Waals surface area contributed by atoms with Crippen LogP contribution in [0.2, 0.25) is 0 Å². The van der Waals surface area contributed by atoms with Crippen molar-refractivity contribution in [3.05, 3.63) is 17.0 Å². The zero-order valence-electron chi connectivity index (χ0n) is 12.6. The van der Waals surface area contributed by atoms with E-state index in [1.807, 2.05) is 13.8 Å². The van der Waals surface area contributed by atoms with Crippen LogP contribution >= 0.6 is 0 Å². The van der Waals surface area contributed by atoms with E-state index in [1.165, 1.54) is 0 Å². The third-order valence-electron chi connectivity index (χ3n) is 3.03. The van der Waals surface area contributed by atoms with Gasteiger partial charge in [-0.3, -0.25) is 4.68 Å². The fraction of sp³-hybridized carbons (Fsp3) is 0.769. The number of methoxy groups -OCH3 is 1. The van der Waals surface area contributed by atoms with Gasteiger partial charge >= 0.3 is 6.18 Å². The topological polar surface area (TPSA) is 48.3 Å². The largest absolute Gasteiger partial charge is 0.411 e. The summed E-state index contributed by atoms with van der Waals surface area (Å²) in [6, 6.07) is 0. The Kier molecular flexibility index (Phi) is 7.13. The zero-order valence-corrected chi connectivity index (χ0v) is 12.6. The first kappa shape index (κ1) is 17.9. The first-order valence-corrected chi connectivity index (χ1v) is 6.72. The minimum absolute atomic E-state index is 0.0159. The Morgan fingerprint density at radius 3 is 2.57 bits per heavy atom. The molecular formula is C13H22F3N3O2. The maximum absolute atomic E-state index is 12.0. The first-order valence-electron chi connectivity index (χ1n) is 6.72. The predicted octanol–water partition coefficient (Wildman–Crippen LogP) is 1.81. The quantitative estimate of drug-likeness (QED) is 0.707. The number of nitrogens with one attached hydrogen (secondary N) is 1. The Morgan fingerprint density at radius 1 is 1.24 bits per heavy atom. The molecule has 0 bridgehead atoms. The molecule has 0 unspecified atom stereocenters. The Hall–Kier alpha value is -1.12. The van der Waals surface area contributed by atoms with Crippen LogP contribution in [0.1, 0.15) is 17.0 Å². The molecule has 1 aromatic rings. The Bertz CT molecular complexity index is 433. The maximum atomic E-state index is 12.0. The standard InChI is InChI=1S/C13H22F3N3O2/c1-10-12(8-17-4-6-20-3)11(2)19(18-10)5-7-21-9-13(14,15)16/h17H,4-9H2,1-3H3. The molecule has 0 saturated heterocycles. The van der Waals surface area contributed by atoms with Crippen molar-refractivity contribution in [2.75, 3.05) is 33.5 Å². The summed E-state index contributed by atoms with van der Waals surface area (Å²) in [6.45, 7) is 4.86. The molecule has 0 aromatic carbocycles. The van der Waals surface area contributed by atoms with Crippen LogP contribution in [-0.2, 0) is 22.6 Å². The van der Waals surface area contributed by atoms with Gasteiger partial charge in [-0.2, -0.15) is 18.3 Å². The molecule has 0 aliphatic carbocycles. The lowest BCUT2D eigenvalue weighted by molar-refractivity contribution is -0.174. The summed E-state index contributed by atoms with van der Waals surface area (Å²) < 4.78 is 47.1. The average Bonchev–Trinajstić information content (AvgIpc) is 2.65. The van der Waals surface area contributed by atoms with E-state index in [9.17, 15) is 13.2 Å². The van der Waals surface area contributed by atoms with Gasteiger partial charge in [-0.25, -0.2) is 0 Å². The minimum Gasteiger partial charge on any atom is -0.383 e. The van der Waals surface area contributed by atoms with Crippen LogP contribution < -0.4 is 5.32 Å². The van der Waals surface area contributed by atoms with Gasteiger partial charge in [0.2, 0.25) is 0 Å². The van der Waals surface area contributed by atoms with E-state index < -0.39 is 12.8 Å². The molecule has 21 heavy (non-hydrogen) atoms. The molecule has 1 aromatic heterocycles. The molecule has 1 N–H and O–H groups in total. The van der Waals surface area contributed by atoms with Gasteiger partial charge in [0.05, 0.1) is 25.5 Å². The van der Waals surface area contributed by atoms with Crippen molar-refractivity contribution in [2.45, 2.75) is 33.1 Å². The fourth-order valence-electron chi connectivity index (χ4n) is 1.93. The molecule has 5 nitrogen and oxygen atoms in total. The van der Waals surface area contributed by atoms with E-state index >= 15 is 0 Å². The Balaban J connectivity index is 2.45. The molecule has 1 rings (SSSR count). The number of alkyl halides is 3. The third-order valence-corrected chi connectivity index (χ3v) is 3.03. The maximum Gasteiger partial charge on any atom is 0.411 e. The van der Waals surface area contributed by atoms with Crippen molar-refractivity contribution in [1.82, 2.24) is 15.1 Å². The highest BCUT2D eigenvalue weighted by Gasteiger charge is 2.27. The molecule has 8 heteroatoms. The van der Waals surface area contributed by atoms with E-state index in [1.54, 1.807) is 11.8 Å². The summed E-state index contributed by atoms with van der Waals surface area (Å²) in [5.74, 6) is 0. The number of aromatic nitrogens is 2. The van der Waals surface area contributed by atoms with Gasteiger partial charge in [0.1, 0.15) is 6.61 Å². The number of hydrogen-bond acceptors (Lipinski definition) is 4. The van der Waals surface area contributed by atoms with Crippen LogP contribution in [0.3, 0.4) is 0 Å². The summed E-state index contributed by atoms with van der Waals surface area (Å²) in [5, 5.41) is 7.55. The van der Waals surface area contributed by atoms with Gasteiger partial charge in [0.15, 0.2) is 0 Å². The number of nitrogens with zero attached hydrogens (tertiary/aromatic N) is 2. The van der Waals surface area contributed by atoms with Crippen LogP contribution in [0.5, 0.6) is 0 Å². The van der Waals surface area contributed by atoms with Crippen LogP contribution in [0, 0.1) is 13.8 Å². The Morgan fingerprint density at radius 2 is 1.95 bits per heavy atom. The van der Waals surface area contributed by atoms with Crippen molar-refractivity contribution in [3.8, 4) is 0 Å². The monoisotopic (exact) mass is 309 g/mol. The summed E-state index contributed by atoms with van der Waals surface area (Å²) in [5.41, 5.74) is 2.86.